The fraction of sp³-hybridized carbons (Fsp3) is 0.333. The summed E-state index contributed by atoms with van der Waals surface area (Å²) >= 11 is 3.60. The fourth-order valence-corrected chi connectivity index (χ4v) is 2.92. The van der Waals surface area contributed by atoms with E-state index in [9.17, 15) is 0 Å². The highest BCUT2D eigenvalue weighted by Crippen LogP contribution is 2.38. The van der Waals surface area contributed by atoms with Crippen LogP contribution >= 0.6 is 15.9 Å². The lowest BCUT2D eigenvalue weighted by atomic mass is 10.1. The van der Waals surface area contributed by atoms with Gasteiger partial charge < -0.3 is 24.3 Å². The van der Waals surface area contributed by atoms with Crippen molar-refractivity contribution in [1.29, 1.82) is 0 Å². The number of nitrogens with one attached hydrogen (secondary N) is 1. The topological polar surface area (TPSA) is 49.0 Å². The summed E-state index contributed by atoms with van der Waals surface area (Å²) in [5.74, 6) is 2.99. The molecule has 0 spiro atoms. The maximum Gasteiger partial charge on any atom is 0.231 e. The van der Waals surface area contributed by atoms with Crippen molar-refractivity contribution < 1.29 is 18.9 Å². The Hall–Kier alpha value is -2.08. The van der Waals surface area contributed by atoms with Gasteiger partial charge in [-0.15, -0.1) is 0 Å². The zero-order chi connectivity index (χ0) is 17.1. The predicted molar refractivity (Wildman–Crippen MR) is 96.3 cm³/mol. The van der Waals surface area contributed by atoms with E-state index in [-0.39, 0.29) is 12.9 Å². The first-order chi connectivity index (χ1) is 11.6. The summed E-state index contributed by atoms with van der Waals surface area (Å²) in [7, 11) is 1.64. The van der Waals surface area contributed by atoms with Gasteiger partial charge in [-0.1, -0.05) is 15.9 Å². The van der Waals surface area contributed by atoms with Crippen molar-refractivity contribution in [1.82, 2.24) is 0 Å². The Labute approximate surface area is 150 Å². The highest BCUT2D eigenvalue weighted by atomic mass is 79.9. The molecule has 0 unspecified atom stereocenters. The second-order valence-corrected chi connectivity index (χ2v) is 6.50. The summed E-state index contributed by atoms with van der Waals surface area (Å²) in [5.41, 5.74) is 1.95. The molecule has 1 aliphatic heterocycles. The lowest BCUT2D eigenvalue weighted by Gasteiger charge is -2.19. The van der Waals surface area contributed by atoms with Crippen LogP contribution in [-0.2, 0) is 6.54 Å². The van der Waals surface area contributed by atoms with Gasteiger partial charge in [0.05, 0.1) is 13.2 Å². The van der Waals surface area contributed by atoms with Gasteiger partial charge in [-0.3, -0.25) is 0 Å². The van der Waals surface area contributed by atoms with E-state index in [4.69, 9.17) is 18.9 Å². The minimum absolute atomic E-state index is 0.0532. The largest absolute Gasteiger partial charge is 0.493 e. The number of rotatable bonds is 6. The lowest BCUT2D eigenvalue weighted by molar-refractivity contribution is 0.174. The molecule has 128 valence electrons. The first-order valence-electron chi connectivity index (χ1n) is 7.74. The van der Waals surface area contributed by atoms with Gasteiger partial charge >= 0.3 is 0 Å². The van der Waals surface area contributed by atoms with Crippen molar-refractivity contribution in [2.24, 2.45) is 0 Å². The molecular formula is C18H20BrNO4. The zero-order valence-electron chi connectivity index (χ0n) is 13.9. The van der Waals surface area contributed by atoms with Crippen molar-refractivity contribution in [3.05, 3.63) is 40.4 Å². The second-order valence-electron chi connectivity index (χ2n) is 5.65. The molecule has 0 saturated heterocycles. The van der Waals surface area contributed by atoms with E-state index in [0.717, 1.165) is 38.7 Å². The van der Waals surface area contributed by atoms with E-state index >= 15 is 0 Å². The first kappa shape index (κ1) is 16.8. The highest BCUT2D eigenvalue weighted by molar-refractivity contribution is 9.10. The Balaban J connectivity index is 1.83. The standard InChI is InChI=1S/C18H20BrNO4/c1-11(2)24-18-13(14(19)5-7-16(18)21-3)9-20-12-4-6-15-17(8-12)23-10-22-15/h4-8,11,20H,9-10H2,1-3H3. The maximum atomic E-state index is 5.97. The van der Waals surface area contributed by atoms with Crippen molar-refractivity contribution in [3.8, 4) is 23.0 Å². The van der Waals surface area contributed by atoms with Crippen LogP contribution in [0.25, 0.3) is 0 Å². The van der Waals surface area contributed by atoms with E-state index in [1.807, 2.05) is 44.2 Å². The zero-order valence-corrected chi connectivity index (χ0v) is 15.5. The Bertz CT molecular complexity index is 733. The Kier molecular flexibility index (Phi) is 5.04. The smallest absolute Gasteiger partial charge is 0.231 e. The predicted octanol–water partition coefficient (Wildman–Crippen LogP) is 4.59. The monoisotopic (exact) mass is 393 g/mol. The molecule has 2 aromatic carbocycles. The molecule has 0 bridgehead atoms. The van der Waals surface area contributed by atoms with E-state index in [2.05, 4.69) is 21.2 Å². The molecule has 0 saturated carbocycles. The number of anilines is 1. The number of benzene rings is 2. The number of fused-ring (bicyclic) bond motifs is 1. The molecule has 1 aliphatic rings. The third-order valence-electron chi connectivity index (χ3n) is 3.58. The van der Waals surface area contributed by atoms with Gasteiger partial charge in [0.1, 0.15) is 0 Å². The Morgan fingerprint density at radius 2 is 1.96 bits per heavy atom. The number of ether oxygens (including phenoxy) is 4. The normalized spacial score (nSPS) is 12.4. The van der Waals surface area contributed by atoms with Gasteiger partial charge in [0.2, 0.25) is 6.79 Å². The summed E-state index contributed by atoms with van der Waals surface area (Å²) in [4.78, 5) is 0. The average Bonchev–Trinajstić information content (AvgIpc) is 3.02. The Morgan fingerprint density at radius 3 is 2.71 bits per heavy atom. The summed E-state index contributed by atoms with van der Waals surface area (Å²) < 4.78 is 23.1. The molecule has 0 radical (unpaired) electrons. The number of methoxy groups -OCH3 is 1. The van der Waals surface area contributed by atoms with Crippen LogP contribution in [0.4, 0.5) is 5.69 Å². The molecule has 3 rings (SSSR count). The molecule has 0 amide bonds. The first-order valence-corrected chi connectivity index (χ1v) is 8.53. The van der Waals surface area contributed by atoms with E-state index in [1.165, 1.54) is 0 Å². The van der Waals surface area contributed by atoms with Gasteiger partial charge in [-0.05, 0) is 38.1 Å². The summed E-state index contributed by atoms with van der Waals surface area (Å²) in [5, 5.41) is 3.40. The van der Waals surface area contributed by atoms with Gasteiger partial charge in [-0.2, -0.15) is 0 Å². The van der Waals surface area contributed by atoms with Crippen molar-refractivity contribution in [2.45, 2.75) is 26.5 Å². The molecular weight excluding hydrogens is 374 g/mol. The summed E-state index contributed by atoms with van der Waals surface area (Å²) in [6, 6.07) is 9.65. The molecule has 24 heavy (non-hydrogen) atoms. The van der Waals surface area contributed by atoms with Gasteiger partial charge in [0, 0.05) is 28.3 Å². The number of hydrogen-bond acceptors (Lipinski definition) is 5. The van der Waals surface area contributed by atoms with Crippen molar-refractivity contribution >= 4 is 21.6 Å². The Morgan fingerprint density at radius 1 is 1.17 bits per heavy atom. The van der Waals surface area contributed by atoms with E-state index < -0.39 is 0 Å². The van der Waals surface area contributed by atoms with Crippen LogP contribution in [-0.4, -0.2) is 20.0 Å². The fourth-order valence-electron chi connectivity index (χ4n) is 2.47. The molecule has 0 aromatic heterocycles. The van der Waals surface area contributed by atoms with Gasteiger partial charge in [-0.25, -0.2) is 0 Å². The quantitative estimate of drug-likeness (QED) is 0.777. The van der Waals surface area contributed by atoms with Crippen molar-refractivity contribution in [2.75, 3.05) is 19.2 Å². The van der Waals surface area contributed by atoms with Crippen LogP contribution < -0.4 is 24.3 Å². The van der Waals surface area contributed by atoms with Crippen LogP contribution in [0.5, 0.6) is 23.0 Å². The SMILES string of the molecule is COc1ccc(Br)c(CNc2ccc3c(c2)OCO3)c1OC(C)C. The second kappa shape index (κ2) is 7.21. The maximum absolute atomic E-state index is 5.97. The van der Waals surface area contributed by atoms with Gasteiger partial charge in [0.15, 0.2) is 23.0 Å². The molecule has 1 N–H and O–H groups in total. The third-order valence-corrected chi connectivity index (χ3v) is 4.33. The van der Waals surface area contributed by atoms with Crippen LogP contribution in [0.3, 0.4) is 0 Å². The van der Waals surface area contributed by atoms with Gasteiger partial charge in [0.25, 0.3) is 0 Å². The lowest BCUT2D eigenvalue weighted by Crippen LogP contribution is -2.11. The summed E-state index contributed by atoms with van der Waals surface area (Å²) in [6.07, 6.45) is 0.0532. The third kappa shape index (κ3) is 3.53. The molecule has 0 fully saturated rings. The molecule has 6 heteroatoms. The average molecular weight is 394 g/mol. The van der Waals surface area contributed by atoms with E-state index in [0.29, 0.717) is 6.54 Å². The number of hydrogen-bond donors (Lipinski definition) is 1. The van der Waals surface area contributed by atoms with E-state index in [1.54, 1.807) is 7.11 Å². The number of halogens is 1. The molecule has 2 aromatic rings. The molecule has 0 atom stereocenters. The summed E-state index contributed by atoms with van der Waals surface area (Å²) in [6.45, 7) is 4.84. The highest BCUT2D eigenvalue weighted by Gasteiger charge is 2.17. The van der Waals surface area contributed by atoms with Crippen LogP contribution in [0, 0.1) is 0 Å². The van der Waals surface area contributed by atoms with Crippen LogP contribution in [0.15, 0.2) is 34.8 Å². The molecule has 1 heterocycles. The molecule has 5 nitrogen and oxygen atoms in total. The van der Waals surface area contributed by atoms with Crippen LogP contribution in [0.1, 0.15) is 19.4 Å². The minimum atomic E-state index is 0.0532. The van der Waals surface area contributed by atoms with Crippen LogP contribution in [0.2, 0.25) is 0 Å². The molecule has 0 aliphatic carbocycles. The minimum Gasteiger partial charge on any atom is -0.493 e. The van der Waals surface area contributed by atoms with Crippen molar-refractivity contribution in [3.63, 3.8) is 0 Å².